The van der Waals surface area contributed by atoms with Crippen molar-refractivity contribution in [2.45, 2.75) is 32.1 Å². The second-order valence-electron chi connectivity index (χ2n) is 10.8. The number of aliphatic hydroxyl groups excluding tert-OH is 1. The molecule has 5 aromatic rings. The molecule has 0 radical (unpaired) electrons. The summed E-state index contributed by atoms with van der Waals surface area (Å²) in [6, 6.07) is 26.9. The topological polar surface area (TPSA) is 98.2 Å². The van der Waals surface area contributed by atoms with Crippen LogP contribution in [0, 0.1) is 0 Å². The van der Waals surface area contributed by atoms with Gasteiger partial charge in [0.05, 0.1) is 28.9 Å². The molecule has 2 aliphatic heterocycles. The van der Waals surface area contributed by atoms with Gasteiger partial charge in [-0.1, -0.05) is 53.8 Å². The number of carbonyl (C=O) groups is 2. The van der Waals surface area contributed by atoms with Crippen molar-refractivity contribution in [3.63, 3.8) is 0 Å². The lowest BCUT2D eigenvalue weighted by molar-refractivity contribution is -0.132. The van der Waals surface area contributed by atoms with Gasteiger partial charge in [0.1, 0.15) is 35.7 Å². The predicted octanol–water partition coefficient (Wildman–Crippen LogP) is 6.83. The quantitative estimate of drug-likeness (QED) is 0.123. The molecular weight excluding hydrogens is 576 g/mol. The zero-order chi connectivity index (χ0) is 30.4. The van der Waals surface area contributed by atoms with Crippen molar-refractivity contribution in [2.24, 2.45) is 0 Å². The normalized spacial score (nSPS) is 18.8. The average molecular weight is 605 g/mol. The number of amides is 1. The van der Waals surface area contributed by atoms with E-state index in [0.29, 0.717) is 46.3 Å². The van der Waals surface area contributed by atoms with Crippen LogP contribution in [0.25, 0.3) is 16.0 Å². The van der Waals surface area contributed by atoms with Crippen molar-refractivity contribution < 1.29 is 28.9 Å². The average Bonchev–Trinajstić information content (AvgIpc) is 3.71. The number of hydrogen-bond donors (Lipinski definition) is 1. The summed E-state index contributed by atoms with van der Waals surface area (Å²) in [5.41, 5.74) is 3.63. The number of methoxy groups -OCH3 is 1. The minimum atomic E-state index is -0.943. The first kappa shape index (κ1) is 27.7. The highest BCUT2D eigenvalue weighted by Crippen LogP contribution is 2.45. The minimum absolute atomic E-state index is 0.0149. The number of fused-ring (bicyclic) bond motifs is 2. The van der Waals surface area contributed by atoms with Gasteiger partial charge in [0.2, 0.25) is 0 Å². The Morgan fingerprint density at radius 3 is 2.66 bits per heavy atom. The number of hydrogen-bond acceptors (Lipinski definition) is 8. The van der Waals surface area contributed by atoms with E-state index in [4.69, 9.17) is 19.2 Å². The van der Waals surface area contributed by atoms with Gasteiger partial charge in [-0.05, 0) is 72.1 Å². The van der Waals surface area contributed by atoms with Crippen LogP contribution in [0.15, 0.2) is 96.6 Å². The maximum Gasteiger partial charge on any atom is 0.301 e. The maximum absolute atomic E-state index is 13.8. The minimum Gasteiger partial charge on any atom is -0.507 e. The Morgan fingerprint density at radius 2 is 1.84 bits per heavy atom. The molecule has 9 heteroatoms. The third-order valence-corrected chi connectivity index (χ3v) is 8.84. The molecule has 4 aromatic carbocycles. The van der Waals surface area contributed by atoms with Crippen molar-refractivity contribution in [1.29, 1.82) is 0 Å². The van der Waals surface area contributed by atoms with Gasteiger partial charge < -0.3 is 19.3 Å². The number of thiazole rings is 1. The first-order valence-electron chi connectivity index (χ1n) is 14.2. The van der Waals surface area contributed by atoms with Gasteiger partial charge in [0.25, 0.3) is 5.78 Å². The van der Waals surface area contributed by atoms with Gasteiger partial charge in [-0.2, -0.15) is 0 Å². The van der Waals surface area contributed by atoms with E-state index in [-0.39, 0.29) is 17.4 Å². The van der Waals surface area contributed by atoms with Gasteiger partial charge in [-0.3, -0.25) is 14.5 Å². The summed E-state index contributed by atoms with van der Waals surface area (Å²) in [5, 5.41) is 12.0. The Kier molecular flexibility index (Phi) is 7.02. The van der Waals surface area contributed by atoms with Crippen LogP contribution in [0.2, 0.25) is 0 Å². The third-order valence-electron chi connectivity index (χ3n) is 7.83. The molecule has 1 fully saturated rings. The number of rotatable bonds is 7. The highest BCUT2D eigenvalue weighted by atomic mass is 32.1. The molecule has 1 aromatic heterocycles. The fourth-order valence-corrected chi connectivity index (χ4v) is 6.73. The number of benzene rings is 4. The molecule has 1 N–H and O–H groups in total. The number of ketones is 1. The highest BCUT2D eigenvalue weighted by molar-refractivity contribution is 7.22. The molecule has 1 saturated heterocycles. The molecule has 2 atom stereocenters. The first-order valence-corrected chi connectivity index (χ1v) is 15.0. The Bertz CT molecular complexity index is 1950. The number of anilines is 1. The number of Topliss-reactive ketones (excluding diaryl/α,β-unsaturated/α-hetero) is 1. The van der Waals surface area contributed by atoms with Crippen LogP contribution in [0.5, 0.6) is 17.2 Å². The second-order valence-corrected chi connectivity index (χ2v) is 11.8. The van der Waals surface area contributed by atoms with Gasteiger partial charge in [0, 0.05) is 12.0 Å². The lowest BCUT2D eigenvalue weighted by atomic mass is 9.94. The van der Waals surface area contributed by atoms with E-state index in [1.54, 1.807) is 31.4 Å². The number of ether oxygens (including phenoxy) is 3. The molecule has 44 heavy (non-hydrogen) atoms. The van der Waals surface area contributed by atoms with Crippen molar-refractivity contribution in [2.75, 3.05) is 12.0 Å². The highest BCUT2D eigenvalue weighted by Gasteiger charge is 2.48. The van der Waals surface area contributed by atoms with Crippen molar-refractivity contribution in [3.8, 4) is 17.2 Å². The lowest BCUT2D eigenvalue weighted by Crippen LogP contribution is -2.29. The van der Waals surface area contributed by atoms with E-state index >= 15 is 0 Å². The molecule has 7 rings (SSSR count). The third kappa shape index (κ3) is 4.95. The van der Waals surface area contributed by atoms with Crippen LogP contribution < -0.4 is 19.1 Å². The predicted molar refractivity (Wildman–Crippen MR) is 168 cm³/mol. The zero-order valence-electron chi connectivity index (χ0n) is 24.0. The van der Waals surface area contributed by atoms with Gasteiger partial charge in [0.15, 0.2) is 5.13 Å². The standard InChI is InChI=1S/C35H28N2O6S/c1-20-15-24-16-23(11-14-28(24)43-20)32(38)30-31(22-9-6-10-26(17-22)42-19-21-7-4-3-5-8-21)37(34(40)33(30)39)35-36-27-13-12-25(41-2)18-29(27)44-35/h3-14,16-18,20,31,38H,15,19H2,1-2H3/b32-30+. The van der Waals surface area contributed by atoms with E-state index in [1.807, 2.05) is 73.7 Å². The summed E-state index contributed by atoms with van der Waals surface area (Å²) >= 11 is 1.28. The van der Waals surface area contributed by atoms with Gasteiger partial charge >= 0.3 is 5.91 Å². The molecule has 0 saturated carbocycles. The van der Waals surface area contributed by atoms with Crippen LogP contribution in [0.4, 0.5) is 5.13 Å². The molecule has 0 bridgehead atoms. The fraction of sp³-hybridized carbons (Fsp3) is 0.171. The monoisotopic (exact) mass is 604 g/mol. The Morgan fingerprint density at radius 1 is 1.00 bits per heavy atom. The SMILES string of the molecule is COc1ccc2nc(N3C(=O)C(=O)/C(=C(/O)c4ccc5c(c4)CC(C)O5)C3c3cccc(OCc4ccccc4)c3)sc2c1. The molecule has 2 unspecified atom stereocenters. The summed E-state index contributed by atoms with van der Waals surface area (Å²) in [7, 11) is 1.58. The summed E-state index contributed by atoms with van der Waals surface area (Å²) < 4.78 is 18.1. The largest absolute Gasteiger partial charge is 0.507 e. The van der Waals surface area contributed by atoms with Gasteiger partial charge in [-0.25, -0.2) is 4.98 Å². The van der Waals surface area contributed by atoms with Crippen LogP contribution in [-0.2, 0) is 22.6 Å². The van der Waals surface area contributed by atoms with Gasteiger partial charge in [-0.15, -0.1) is 0 Å². The smallest absolute Gasteiger partial charge is 0.301 e. The van der Waals surface area contributed by atoms with E-state index in [2.05, 4.69) is 0 Å². The summed E-state index contributed by atoms with van der Waals surface area (Å²) in [6.45, 7) is 2.32. The second kappa shape index (κ2) is 11.2. The lowest BCUT2D eigenvalue weighted by Gasteiger charge is -2.23. The molecule has 3 heterocycles. The fourth-order valence-electron chi connectivity index (χ4n) is 5.71. The number of carbonyl (C=O) groups excluding carboxylic acids is 2. The summed E-state index contributed by atoms with van der Waals surface area (Å²) in [4.78, 5) is 33.6. The van der Waals surface area contributed by atoms with Crippen LogP contribution in [0.1, 0.15) is 35.2 Å². The molecular formula is C35H28N2O6S. The van der Waals surface area contributed by atoms with Crippen molar-refractivity contribution >= 4 is 44.1 Å². The van der Waals surface area contributed by atoms with Crippen LogP contribution in [-0.4, -0.2) is 35.0 Å². The van der Waals surface area contributed by atoms with Crippen LogP contribution >= 0.6 is 11.3 Å². The Labute approximate surface area is 257 Å². The number of aliphatic hydroxyl groups is 1. The van der Waals surface area contributed by atoms with Crippen molar-refractivity contribution in [3.05, 3.63) is 119 Å². The zero-order valence-corrected chi connectivity index (χ0v) is 24.8. The number of aromatic nitrogens is 1. The maximum atomic E-state index is 13.8. The molecule has 1 amide bonds. The van der Waals surface area contributed by atoms with E-state index < -0.39 is 17.7 Å². The van der Waals surface area contributed by atoms with E-state index in [0.717, 1.165) is 21.6 Å². The van der Waals surface area contributed by atoms with E-state index in [9.17, 15) is 14.7 Å². The number of nitrogens with zero attached hydrogens (tertiary/aromatic N) is 2. The summed E-state index contributed by atoms with van der Waals surface area (Å²) in [6.07, 6.45) is 0.703. The van der Waals surface area contributed by atoms with Crippen molar-refractivity contribution in [1.82, 2.24) is 4.98 Å². The Hall–Kier alpha value is -5.15. The molecule has 8 nitrogen and oxygen atoms in total. The van der Waals surface area contributed by atoms with Crippen LogP contribution in [0.3, 0.4) is 0 Å². The Balaban J connectivity index is 1.34. The molecule has 220 valence electrons. The molecule has 2 aliphatic rings. The summed E-state index contributed by atoms with van der Waals surface area (Å²) in [5.74, 6) is 0.163. The first-order chi connectivity index (χ1) is 21.4. The molecule has 0 aliphatic carbocycles. The van der Waals surface area contributed by atoms with E-state index in [1.165, 1.54) is 16.2 Å². The molecule has 0 spiro atoms.